The Morgan fingerprint density at radius 1 is 1.37 bits per heavy atom. The molecule has 0 spiro atoms. The number of aromatic hydroxyl groups is 2. The van der Waals surface area contributed by atoms with Crippen molar-refractivity contribution in [3.63, 3.8) is 0 Å². The van der Waals surface area contributed by atoms with Crippen molar-refractivity contribution in [3.8, 4) is 11.5 Å². The monoisotopic (exact) mass is 266 g/mol. The van der Waals surface area contributed by atoms with E-state index < -0.39 is 5.60 Å². The number of benzene rings is 1. The zero-order valence-electron chi connectivity index (χ0n) is 11.7. The second kappa shape index (κ2) is 5.02. The highest BCUT2D eigenvalue weighted by atomic mass is 16.5. The zero-order chi connectivity index (χ0) is 14.2. The minimum absolute atomic E-state index is 0.00157. The Balaban J connectivity index is 2.28. The molecular weight excluding hydrogens is 244 g/mol. The number of phenols is 2. The maximum absolute atomic E-state index is 10.00. The van der Waals surface area contributed by atoms with E-state index in [2.05, 4.69) is 0 Å². The second-order valence-electron chi connectivity index (χ2n) is 5.88. The largest absolute Gasteiger partial charge is 0.508 e. The van der Waals surface area contributed by atoms with Crippen LogP contribution in [0.25, 0.3) is 0 Å². The molecule has 4 heteroatoms. The molecule has 0 amide bonds. The molecule has 4 nitrogen and oxygen atoms in total. The highest BCUT2D eigenvalue weighted by Gasteiger charge is 2.36. The molecular formula is C15H22O4. The van der Waals surface area contributed by atoms with Gasteiger partial charge in [0.2, 0.25) is 0 Å². The predicted octanol–water partition coefficient (Wildman–Crippen LogP) is 2.44. The first-order valence-corrected chi connectivity index (χ1v) is 6.71. The summed E-state index contributed by atoms with van der Waals surface area (Å²) in [6.07, 6.45) is 1.75. The molecule has 2 atom stereocenters. The molecule has 1 aliphatic rings. The summed E-state index contributed by atoms with van der Waals surface area (Å²) in [4.78, 5) is 0. The van der Waals surface area contributed by atoms with E-state index in [1.54, 1.807) is 13.0 Å². The Labute approximate surface area is 113 Å². The molecule has 2 rings (SSSR count). The summed E-state index contributed by atoms with van der Waals surface area (Å²) in [6, 6.07) is 3.04. The molecule has 1 aliphatic heterocycles. The molecule has 3 N–H and O–H groups in total. The molecule has 1 heterocycles. The second-order valence-corrected chi connectivity index (χ2v) is 5.88. The van der Waals surface area contributed by atoms with Crippen LogP contribution < -0.4 is 0 Å². The highest BCUT2D eigenvalue weighted by molar-refractivity contribution is 5.49. The van der Waals surface area contributed by atoms with Gasteiger partial charge >= 0.3 is 0 Å². The lowest BCUT2D eigenvalue weighted by molar-refractivity contribution is -0.0944. The van der Waals surface area contributed by atoms with Gasteiger partial charge in [0.05, 0.1) is 17.8 Å². The average molecular weight is 266 g/mol. The van der Waals surface area contributed by atoms with Gasteiger partial charge < -0.3 is 20.1 Å². The number of hydrogen-bond donors (Lipinski definition) is 3. The molecule has 106 valence electrons. The number of phenolic OH excluding ortho intramolecular Hbond substituents is 2. The summed E-state index contributed by atoms with van der Waals surface area (Å²) < 4.78 is 6.02. The normalized spacial score (nSPS) is 22.8. The van der Waals surface area contributed by atoms with Crippen molar-refractivity contribution in [2.24, 2.45) is 0 Å². The third-order valence-electron chi connectivity index (χ3n) is 3.60. The number of rotatable bonds is 3. The Hall–Kier alpha value is -1.26. The lowest BCUT2D eigenvalue weighted by Gasteiger charge is -2.38. The average Bonchev–Trinajstić information content (AvgIpc) is 2.23. The lowest BCUT2D eigenvalue weighted by atomic mass is 9.85. The Bertz CT molecular complexity index is 465. The van der Waals surface area contributed by atoms with Crippen LogP contribution in [0.4, 0.5) is 0 Å². The van der Waals surface area contributed by atoms with Crippen molar-refractivity contribution >= 4 is 0 Å². The van der Waals surface area contributed by atoms with Crippen LogP contribution >= 0.6 is 0 Å². The molecule has 2 unspecified atom stereocenters. The van der Waals surface area contributed by atoms with Gasteiger partial charge in [0.25, 0.3) is 0 Å². The number of ether oxygens (including phenoxy) is 1. The van der Waals surface area contributed by atoms with E-state index in [9.17, 15) is 15.3 Å². The topological polar surface area (TPSA) is 69.9 Å². The van der Waals surface area contributed by atoms with Crippen molar-refractivity contribution < 1.29 is 20.1 Å². The molecule has 0 radical (unpaired) electrons. The fraction of sp³-hybridized carbons (Fsp3) is 0.600. The first-order chi connectivity index (χ1) is 8.79. The van der Waals surface area contributed by atoms with Gasteiger partial charge in [-0.3, -0.25) is 0 Å². The summed E-state index contributed by atoms with van der Waals surface area (Å²) in [6.45, 7) is 5.59. The van der Waals surface area contributed by atoms with Crippen LogP contribution in [0.3, 0.4) is 0 Å². The molecule has 0 aromatic heterocycles. The van der Waals surface area contributed by atoms with E-state index in [-0.39, 0.29) is 23.7 Å². The van der Waals surface area contributed by atoms with Crippen LogP contribution in [-0.4, -0.2) is 27.5 Å². The smallest absolute Gasteiger partial charge is 0.125 e. The van der Waals surface area contributed by atoms with Gasteiger partial charge in [-0.25, -0.2) is 0 Å². The van der Waals surface area contributed by atoms with Crippen LogP contribution in [0.15, 0.2) is 12.1 Å². The Kier molecular flexibility index (Phi) is 3.74. The summed E-state index contributed by atoms with van der Waals surface area (Å²) in [5.74, 6) is 0.150. The summed E-state index contributed by atoms with van der Waals surface area (Å²) in [7, 11) is 0. The fourth-order valence-electron chi connectivity index (χ4n) is 2.88. The van der Waals surface area contributed by atoms with Crippen molar-refractivity contribution in [2.45, 2.75) is 57.8 Å². The first kappa shape index (κ1) is 14.2. The number of aliphatic hydroxyl groups excluding tert-OH is 1. The molecule has 0 saturated heterocycles. The van der Waals surface area contributed by atoms with Crippen LogP contribution in [-0.2, 0) is 16.8 Å². The van der Waals surface area contributed by atoms with Gasteiger partial charge in [0.15, 0.2) is 0 Å². The van der Waals surface area contributed by atoms with Gasteiger partial charge in [-0.1, -0.05) is 0 Å². The molecule has 1 aromatic carbocycles. The molecule has 0 bridgehead atoms. The zero-order valence-corrected chi connectivity index (χ0v) is 11.7. The van der Waals surface area contributed by atoms with Crippen molar-refractivity contribution in [3.05, 3.63) is 23.3 Å². The van der Waals surface area contributed by atoms with Gasteiger partial charge in [0.1, 0.15) is 11.5 Å². The van der Waals surface area contributed by atoms with Crippen LogP contribution in [0, 0.1) is 0 Å². The molecule has 0 aliphatic carbocycles. The molecule has 0 saturated carbocycles. The third kappa shape index (κ3) is 3.01. The predicted molar refractivity (Wildman–Crippen MR) is 72.3 cm³/mol. The number of aliphatic hydroxyl groups is 1. The third-order valence-corrected chi connectivity index (χ3v) is 3.60. The van der Waals surface area contributed by atoms with E-state index >= 15 is 0 Å². The van der Waals surface area contributed by atoms with Crippen LogP contribution in [0.5, 0.6) is 11.5 Å². The molecule has 1 aromatic rings. The number of hydrogen-bond acceptors (Lipinski definition) is 4. The maximum atomic E-state index is 10.00. The van der Waals surface area contributed by atoms with E-state index in [1.165, 1.54) is 6.07 Å². The minimum atomic E-state index is -0.589. The highest BCUT2D eigenvalue weighted by Crippen LogP contribution is 2.43. The molecule has 19 heavy (non-hydrogen) atoms. The minimum Gasteiger partial charge on any atom is -0.508 e. The summed E-state index contributed by atoms with van der Waals surface area (Å²) in [5.41, 5.74) is 1.08. The quantitative estimate of drug-likeness (QED) is 0.786. The van der Waals surface area contributed by atoms with E-state index in [1.807, 2.05) is 13.8 Å². The van der Waals surface area contributed by atoms with Crippen molar-refractivity contribution in [1.82, 2.24) is 0 Å². The standard InChI is InChI=1S/C15H22O4/c1-9(16)4-5-12-7-10-6-11(17)8-13(18)14(10)15(2,3)19-12/h6,8-9,12,16-18H,4-5,7H2,1-3H3. The van der Waals surface area contributed by atoms with Gasteiger partial charge in [-0.15, -0.1) is 0 Å². The van der Waals surface area contributed by atoms with Gasteiger partial charge in [-0.2, -0.15) is 0 Å². The summed E-state index contributed by atoms with van der Waals surface area (Å²) >= 11 is 0. The van der Waals surface area contributed by atoms with Gasteiger partial charge in [-0.05, 0) is 51.7 Å². The molecule has 0 fully saturated rings. The number of fused-ring (bicyclic) bond motifs is 1. The SMILES string of the molecule is CC(O)CCC1Cc2cc(O)cc(O)c2C(C)(C)O1. The van der Waals surface area contributed by atoms with Crippen molar-refractivity contribution in [1.29, 1.82) is 0 Å². The van der Waals surface area contributed by atoms with E-state index in [0.717, 1.165) is 17.5 Å². The van der Waals surface area contributed by atoms with Crippen molar-refractivity contribution in [2.75, 3.05) is 0 Å². The van der Waals surface area contributed by atoms with E-state index in [0.29, 0.717) is 12.8 Å². The van der Waals surface area contributed by atoms with Crippen LogP contribution in [0.1, 0.15) is 44.7 Å². The van der Waals surface area contributed by atoms with Gasteiger partial charge in [0, 0.05) is 11.6 Å². The maximum Gasteiger partial charge on any atom is 0.125 e. The summed E-state index contributed by atoms with van der Waals surface area (Å²) in [5, 5.41) is 29.0. The first-order valence-electron chi connectivity index (χ1n) is 6.71. The Morgan fingerprint density at radius 2 is 2.05 bits per heavy atom. The van der Waals surface area contributed by atoms with Crippen LogP contribution in [0.2, 0.25) is 0 Å². The fourth-order valence-corrected chi connectivity index (χ4v) is 2.88. The Morgan fingerprint density at radius 3 is 2.68 bits per heavy atom. The lowest BCUT2D eigenvalue weighted by Crippen LogP contribution is -2.36. The van der Waals surface area contributed by atoms with E-state index in [4.69, 9.17) is 4.74 Å².